The smallest absolute Gasteiger partial charge is 0.416 e. The zero-order valence-corrected chi connectivity index (χ0v) is 13.9. The molecule has 0 heterocycles. The molecule has 0 amide bonds. The van der Waals surface area contributed by atoms with Crippen molar-refractivity contribution in [3.8, 4) is 17.6 Å². The molecule has 9 heteroatoms. The van der Waals surface area contributed by atoms with Gasteiger partial charge in [-0.3, -0.25) is 0 Å². The Bertz CT molecular complexity index is 947. The number of alkyl halides is 3. The SMILES string of the molecule is COc1cc(C#N)ccc1OS(=O)(=O)c1ccc(C)c(C(F)(F)F)c1. The van der Waals surface area contributed by atoms with E-state index in [9.17, 15) is 21.6 Å². The standard InChI is InChI=1S/C16H12F3NO4S/c1-10-3-5-12(8-13(10)16(17,18)19)25(21,22)24-14-6-4-11(9-20)7-15(14)23-2/h3-8H,1-2H3. The Labute approximate surface area is 142 Å². The van der Waals surface area contributed by atoms with Gasteiger partial charge in [0.2, 0.25) is 0 Å². The average molecular weight is 371 g/mol. The molecule has 25 heavy (non-hydrogen) atoms. The number of halogens is 3. The second kappa shape index (κ2) is 6.64. The molecule has 0 aliphatic carbocycles. The first-order valence-corrected chi connectivity index (χ1v) is 8.20. The molecule has 0 unspecified atom stereocenters. The zero-order chi connectivity index (χ0) is 18.8. The van der Waals surface area contributed by atoms with Crippen LogP contribution in [0.25, 0.3) is 0 Å². The molecule has 0 radical (unpaired) electrons. The summed E-state index contributed by atoms with van der Waals surface area (Å²) < 4.78 is 73.3. The number of hydrogen-bond acceptors (Lipinski definition) is 5. The molecule has 0 spiro atoms. The molecule has 2 rings (SSSR count). The molecule has 0 saturated heterocycles. The maximum atomic E-state index is 13.0. The zero-order valence-electron chi connectivity index (χ0n) is 13.1. The van der Waals surface area contributed by atoms with Gasteiger partial charge in [-0.15, -0.1) is 0 Å². The van der Waals surface area contributed by atoms with Gasteiger partial charge in [-0.1, -0.05) is 6.07 Å². The minimum absolute atomic E-state index is 0.0363. The lowest BCUT2D eigenvalue weighted by Crippen LogP contribution is -2.14. The van der Waals surface area contributed by atoms with Gasteiger partial charge in [-0.2, -0.15) is 26.9 Å². The monoisotopic (exact) mass is 371 g/mol. The van der Waals surface area contributed by atoms with Gasteiger partial charge in [-0.25, -0.2) is 0 Å². The third-order valence-electron chi connectivity index (χ3n) is 3.30. The van der Waals surface area contributed by atoms with E-state index in [1.165, 1.54) is 32.2 Å². The first kappa shape index (κ1) is 18.6. The van der Waals surface area contributed by atoms with Crippen molar-refractivity contribution < 1.29 is 30.5 Å². The molecule has 2 aromatic carbocycles. The predicted octanol–water partition coefficient (Wildman–Crippen LogP) is 3.66. The normalized spacial score (nSPS) is 11.7. The Morgan fingerprint density at radius 1 is 1.08 bits per heavy atom. The second-order valence-corrected chi connectivity index (χ2v) is 6.54. The molecular formula is C16H12F3NO4S. The van der Waals surface area contributed by atoms with Gasteiger partial charge < -0.3 is 8.92 Å². The van der Waals surface area contributed by atoms with Crippen molar-refractivity contribution in [1.82, 2.24) is 0 Å². The lowest BCUT2D eigenvalue weighted by Gasteiger charge is -2.14. The Morgan fingerprint density at radius 3 is 2.32 bits per heavy atom. The van der Waals surface area contributed by atoms with Crippen LogP contribution in [0.3, 0.4) is 0 Å². The number of nitrogens with zero attached hydrogens (tertiary/aromatic N) is 1. The van der Waals surface area contributed by atoms with Crippen molar-refractivity contribution in [3.05, 3.63) is 53.1 Å². The molecular weight excluding hydrogens is 359 g/mol. The van der Waals surface area contributed by atoms with Gasteiger partial charge >= 0.3 is 16.3 Å². The van der Waals surface area contributed by atoms with Crippen molar-refractivity contribution in [3.63, 3.8) is 0 Å². The highest BCUT2D eigenvalue weighted by atomic mass is 32.2. The number of ether oxygens (including phenoxy) is 1. The fraction of sp³-hybridized carbons (Fsp3) is 0.188. The maximum Gasteiger partial charge on any atom is 0.416 e. The van der Waals surface area contributed by atoms with Crippen LogP contribution in [0.15, 0.2) is 41.3 Å². The number of nitriles is 1. The molecule has 132 valence electrons. The molecule has 0 bridgehead atoms. The summed E-state index contributed by atoms with van der Waals surface area (Å²) in [6.07, 6.45) is -4.69. The van der Waals surface area contributed by atoms with E-state index in [-0.39, 0.29) is 22.6 Å². The first-order chi connectivity index (χ1) is 11.6. The number of hydrogen-bond donors (Lipinski definition) is 0. The van der Waals surface area contributed by atoms with Gasteiger partial charge in [0.25, 0.3) is 0 Å². The summed E-state index contributed by atoms with van der Waals surface area (Å²) in [6, 6.07) is 8.17. The summed E-state index contributed by atoms with van der Waals surface area (Å²) in [4.78, 5) is -0.642. The highest BCUT2D eigenvalue weighted by Crippen LogP contribution is 2.35. The van der Waals surface area contributed by atoms with Crippen LogP contribution in [0, 0.1) is 18.3 Å². The second-order valence-electron chi connectivity index (χ2n) is 4.99. The fourth-order valence-electron chi connectivity index (χ4n) is 2.03. The quantitative estimate of drug-likeness (QED) is 0.767. The van der Waals surface area contributed by atoms with Crippen LogP contribution in [0.5, 0.6) is 11.5 Å². The van der Waals surface area contributed by atoms with Gasteiger partial charge in [-0.05, 0) is 36.8 Å². The van der Waals surface area contributed by atoms with Crippen LogP contribution in [0.1, 0.15) is 16.7 Å². The van der Waals surface area contributed by atoms with E-state index in [1.807, 2.05) is 6.07 Å². The van der Waals surface area contributed by atoms with Crippen LogP contribution in [-0.2, 0) is 16.3 Å². The van der Waals surface area contributed by atoms with Crippen molar-refractivity contribution in [2.75, 3.05) is 7.11 Å². The summed E-state index contributed by atoms with van der Waals surface area (Å²) in [5.74, 6) is -0.276. The summed E-state index contributed by atoms with van der Waals surface area (Å²) in [7, 11) is -3.29. The number of rotatable bonds is 4. The molecule has 5 nitrogen and oxygen atoms in total. The summed E-state index contributed by atoms with van der Waals surface area (Å²) in [6.45, 7) is 1.23. The fourth-order valence-corrected chi connectivity index (χ4v) is 3.00. The highest BCUT2D eigenvalue weighted by Gasteiger charge is 2.34. The van der Waals surface area contributed by atoms with E-state index in [4.69, 9.17) is 14.2 Å². The molecule has 2 aromatic rings. The Balaban J connectivity index is 2.46. The predicted molar refractivity (Wildman–Crippen MR) is 81.7 cm³/mol. The van der Waals surface area contributed by atoms with Gasteiger partial charge in [0.05, 0.1) is 24.3 Å². The molecule has 0 aliphatic heterocycles. The van der Waals surface area contributed by atoms with Crippen molar-refractivity contribution in [2.24, 2.45) is 0 Å². The van der Waals surface area contributed by atoms with Crippen LogP contribution in [0.4, 0.5) is 13.2 Å². The van der Waals surface area contributed by atoms with Crippen molar-refractivity contribution in [2.45, 2.75) is 18.0 Å². The minimum Gasteiger partial charge on any atom is -0.493 e. The van der Waals surface area contributed by atoms with Crippen LogP contribution in [0.2, 0.25) is 0 Å². The molecule has 0 atom stereocenters. The Kier molecular flexibility index (Phi) is 4.94. The van der Waals surface area contributed by atoms with Gasteiger partial charge in [0.1, 0.15) is 4.90 Å². The van der Waals surface area contributed by atoms with E-state index in [2.05, 4.69) is 0 Å². The number of aryl methyl sites for hydroxylation is 1. The van der Waals surface area contributed by atoms with Crippen LogP contribution in [-0.4, -0.2) is 15.5 Å². The molecule has 0 fully saturated rings. The van der Waals surface area contributed by atoms with Gasteiger partial charge in [0, 0.05) is 6.07 Å². The Hall–Kier alpha value is -2.73. The average Bonchev–Trinajstić information content (AvgIpc) is 2.54. The molecule has 0 saturated carbocycles. The van der Waals surface area contributed by atoms with E-state index in [0.29, 0.717) is 6.07 Å². The molecule has 0 aromatic heterocycles. The van der Waals surface area contributed by atoms with Crippen molar-refractivity contribution in [1.29, 1.82) is 5.26 Å². The summed E-state index contributed by atoms with van der Waals surface area (Å²) in [5, 5.41) is 8.82. The van der Waals surface area contributed by atoms with E-state index in [1.54, 1.807) is 0 Å². The summed E-state index contributed by atoms with van der Waals surface area (Å²) >= 11 is 0. The van der Waals surface area contributed by atoms with E-state index in [0.717, 1.165) is 12.1 Å². The number of benzene rings is 2. The molecule has 0 aliphatic rings. The maximum absolute atomic E-state index is 13.0. The lowest BCUT2D eigenvalue weighted by molar-refractivity contribution is -0.138. The summed E-state index contributed by atoms with van der Waals surface area (Å²) in [5.41, 5.74) is -0.970. The van der Waals surface area contributed by atoms with E-state index >= 15 is 0 Å². The first-order valence-electron chi connectivity index (χ1n) is 6.79. The molecule has 0 N–H and O–H groups in total. The van der Waals surface area contributed by atoms with Crippen molar-refractivity contribution >= 4 is 10.1 Å². The third kappa shape index (κ3) is 4.03. The van der Waals surface area contributed by atoms with Crippen LogP contribution < -0.4 is 8.92 Å². The lowest BCUT2D eigenvalue weighted by atomic mass is 10.1. The largest absolute Gasteiger partial charge is 0.493 e. The topological polar surface area (TPSA) is 76.4 Å². The number of methoxy groups -OCH3 is 1. The Morgan fingerprint density at radius 2 is 1.76 bits per heavy atom. The van der Waals surface area contributed by atoms with Crippen LogP contribution >= 0.6 is 0 Å². The van der Waals surface area contributed by atoms with Gasteiger partial charge in [0.15, 0.2) is 11.5 Å². The highest BCUT2D eigenvalue weighted by molar-refractivity contribution is 7.87. The van der Waals surface area contributed by atoms with E-state index < -0.39 is 26.8 Å². The minimum atomic E-state index is -4.69. The third-order valence-corrected chi connectivity index (χ3v) is 4.53.